The minimum absolute atomic E-state index is 0.777. The summed E-state index contributed by atoms with van der Waals surface area (Å²) in [6.45, 7) is 4.59. The van der Waals surface area contributed by atoms with Gasteiger partial charge in [0.25, 0.3) is 0 Å². The third kappa shape index (κ3) is 6.19. The van der Waals surface area contributed by atoms with E-state index in [0.717, 1.165) is 12.1 Å². The zero-order valence-electron chi connectivity index (χ0n) is 10.7. The molecule has 0 amide bonds. The Balaban J connectivity index is 1.81. The van der Waals surface area contributed by atoms with Gasteiger partial charge in [-0.25, -0.2) is 0 Å². The fraction of sp³-hybridized carbons (Fsp3) is 1.00. The standard InChI is InChI=1S/C14H29N/c1-3-4-5-6-7-8-9-10-14-12-11-13(2)15-14/h13-15H,3-12H2,1-2H3/t13-,14+/m1/s1. The zero-order chi connectivity index (χ0) is 10.9. The lowest BCUT2D eigenvalue weighted by molar-refractivity contribution is 0.486. The number of hydrogen-bond acceptors (Lipinski definition) is 1. The van der Waals surface area contributed by atoms with Crippen LogP contribution in [0.4, 0.5) is 0 Å². The van der Waals surface area contributed by atoms with E-state index >= 15 is 0 Å². The van der Waals surface area contributed by atoms with E-state index in [2.05, 4.69) is 19.2 Å². The molecule has 0 aromatic heterocycles. The highest BCUT2D eigenvalue weighted by atomic mass is 15.0. The topological polar surface area (TPSA) is 12.0 Å². The summed E-state index contributed by atoms with van der Waals surface area (Å²) in [5, 5.41) is 3.67. The highest BCUT2D eigenvalue weighted by molar-refractivity contribution is 4.80. The minimum Gasteiger partial charge on any atom is -0.312 e. The second-order valence-corrected chi connectivity index (χ2v) is 5.25. The van der Waals surface area contributed by atoms with Crippen molar-refractivity contribution >= 4 is 0 Å². The van der Waals surface area contributed by atoms with Crippen LogP contribution in [-0.4, -0.2) is 12.1 Å². The third-order valence-corrected chi connectivity index (χ3v) is 3.62. The van der Waals surface area contributed by atoms with Crippen molar-refractivity contribution in [1.29, 1.82) is 0 Å². The van der Waals surface area contributed by atoms with Gasteiger partial charge in [-0.2, -0.15) is 0 Å². The Hall–Kier alpha value is -0.0400. The van der Waals surface area contributed by atoms with Crippen molar-refractivity contribution in [1.82, 2.24) is 5.32 Å². The molecule has 0 spiro atoms. The number of nitrogens with one attached hydrogen (secondary N) is 1. The summed E-state index contributed by atoms with van der Waals surface area (Å²) in [6, 6.07) is 1.62. The average molecular weight is 211 g/mol. The summed E-state index contributed by atoms with van der Waals surface area (Å²) in [5.41, 5.74) is 0. The average Bonchev–Trinajstić information content (AvgIpc) is 2.63. The molecule has 90 valence electrons. The quantitative estimate of drug-likeness (QED) is 0.591. The van der Waals surface area contributed by atoms with Crippen molar-refractivity contribution in [3.8, 4) is 0 Å². The molecule has 1 aliphatic rings. The Kier molecular flexibility index (Phi) is 7.08. The van der Waals surface area contributed by atoms with Gasteiger partial charge >= 0.3 is 0 Å². The maximum absolute atomic E-state index is 3.67. The molecule has 0 bridgehead atoms. The molecule has 1 N–H and O–H groups in total. The summed E-state index contributed by atoms with van der Waals surface area (Å²) in [4.78, 5) is 0. The highest BCUT2D eigenvalue weighted by Crippen LogP contribution is 2.17. The Morgan fingerprint density at radius 2 is 1.60 bits per heavy atom. The molecule has 1 nitrogen and oxygen atoms in total. The predicted octanol–water partition coefficient (Wildman–Crippen LogP) is 4.27. The van der Waals surface area contributed by atoms with Gasteiger partial charge < -0.3 is 5.32 Å². The van der Waals surface area contributed by atoms with E-state index in [1.54, 1.807) is 0 Å². The molecule has 1 heterocycles. The molecule has 1 saturated heterocycles. The second kappa shape index (κ2) is 8.15. The maximum Gasteiger partial charge on any atom is 0.00701 e. The largest absolute Gasteiger partial charge is 0.312 e. The van der Waals surface area contributed by atoms with E-state index < -0.39 is 0 Å². The van der Waals surface area contributed by atoms with E-state index in [9.17, 15) is 0 Å². The summed E-state index contributed by atoms with van der Waals surface area (Å²) >= 11 is 0. The number of hydrogen-bond donors (Lipinski definition) is 1. The van der Waals surface area contributed by atoms with Gasteiger partial charge in [0.2, 0.25) is 0 Å². The van der Waals surface area contributed by atoms with Crippen molar-refractivity contribution < 1.29 is 0 Å². The van der Waals surface area contributed by atoms with Crippen LogP contribution in [0.25, 0.3) is 0 Å². The Morgan fingerprint density at radius 1 is 0.933 bits per heavy atom. The van der Waals surface area contributed by atoms with Crippen LogP contribution >= 0.6 is 0 Å². The maximum atomic E-state index is 3.67. The van der Waals surface area contributed by atoms with Crippen LogP contribution in [-0.2, 0) is 0 Å². The molecule has 1 heteroatoms. The first-order chi connectivity index (χ1) is 7.33. The van der Waals surface area contributed by atoms with Crippen LogP contribution in [0.2, 0.25) is 0 Å². The van der Waals surface area contributed by atoms with Crippen LogP contribution in [0.15, 0.2) is 0 Å². The van der Waals surface area contributed by atoms with Gasteiger partial charge in [0, 0.05) is 12.1 Å². The highest BCUT2D eigenvalue weighted by Gasteiger charge is 2.18. The second-order valence-electron chi connectivity index (χ2n) is 5.25. The van der Waals surface area contributed by atoms with Crippen molar-refractivity contribution in [2.45, 2.75) is 90.1 Å². The van der Waals surface area contributed by atoms with E-state index in [-0.39, 0.29) is 0 Å². The van der Waals surface area contributed by atoms with E-state index in [0.29, 0.717) is 0 Å². The lowest BCUT2D eigenvalue weighted by Crippen LogP contribution is -2.26. The van der Waals surface area contributed by atoms with Gasteiger partial charge in [-0.3, -0.25) is 0 Å². The number of rotatable bonds is 8. The van der Waals surface area contributed by atoms with Crippen molar-refractivity contribution in [3.63, 3.8) is 0 Å². The molecule has 1 rings (SSSR count). The van der Waals surface area contributed by atoms with E-state index in [1.807, 2.05) is 0 Å². The summed E-state index contributed by atoms with van der Waals surface area (Å²) in [6.07, 6.45) is 14.3. The molecule has 0 aliphatic carbocycles. The normalized spacial score (nSPS) is 26.0. The summed E-state index contributed by atoms with van der Waals surface area (Å²) in [7, 11) is 0. The van der Waals surface area contributed by atoms with Crippen LogP contribution in [0.1, 0.15) is 78.1 Å². The lowest BCUT2D eigenvalue weighted by atomic mass is 10.0. The van der Waals surface area contributed by atoms with Crippen LogP contribution < -0.4 is 5.32 Å². The molecular formula is C14H29N. The SMILES string of the molecule is CCCCCCCCC[C@H]1CC[C@@H](C)N1. The number of unbranched alkanes of at least 4 members (excludes halogenated alkanes) is 6. The first-order valence-corrected chi connectivity index (χ1v) is 7.09. The molecule has 0 aromatic rings. The van der Waals surface area contributed by atoms with Crippen molar-refractivity contribution in [2.24, 2.45) is 0 Å². The van der Waals surface area contributed by atoms with Crippen molar-refractivity contribution in [2.75, 3.05) is 0 Å². The van der Waals surface area contributed by atoms with Crippen molar-refractivity contribution in [3.05, 3.63) is 0 Å². The minimum atomic E-state index is 0.777. The Labute approximate surface area is 96.0 Å². The molecule has 1 aliphatic heterocycles. The molecule has 1 fully saturated rings. The molecule has 0 unspecified atom stereocenters. The smallest absolute Gasteiger partial charge is 0.00701 e. The fourth-order valence-corrected chi connectivity index (χ4v) is 2.60. The first-order valence-electron chi connectivity index (χ1n) is 7.09. The zero-order valence-corrected chi connectivity index (χ0v) is 10.7. The van der Waals surface area contributed by atoms with Gasteiger partial charge in [-0.15, -0.1) is 0 Å². The molecular weight excluding hydrogens is 182 g/mol. The predicted molar refractivity (Wildman–Crippen MR) is 68.2 cm³/mol. The van der Waals surface area contributed by atoms with Crippen LogP contribution in [0, 0.1) is 0 Å². The lowest BCUT2D eigenvalue weighted by Gasteiger charge is -2.11. The van der Waals surface area contributed by atoms with Crippen LogP contribution in [0.3, 0.4) is 0 Å². The molecule has 0 saturated carbocycles. The van der Waals surface area contributed by atoms with Crippen LogP contribution in [0.5, 0.6) is 0 Å². The Bertz CT molecular complexity index is 144. The van der Waals surface area contributed by atoms with Gasteiger partial charge in [0.05, 0.1) is 0 Å². The third-order valence-electron chi connectivity index (χ3n) is 3.62. The molecule has 2 atom stereocenters. The summed E-state index contributed by atoms with van der Waals surface area (Å²) < 4.78 is 0. The molecule has 0 aromatic carbocycles. The Morgan fingerprint density at radius 3 is 2.20 bits per heavy atom. The molecule has 15 heavy (non-hydrogen) atoms. The first kappa shape index (κ1) is 13.0. The van der Waals surface area contributed by atoms with E-state index in [4.69, 9.17) is 0 Å². The van der Waals surface area contributed by atoms with Gasteiger partial charge in [-0.05, 0) is 26.2 Å². The van der Waals surface area contributed by atoms with Gasteiger partial charge in [-0.1, -0.05) is 51.9 Å². The molecule has 0 radical (unpaired) electrons. The summed E-state index contributed by atoms with van der Waals surface area (Å²) in [5.74, 6) is 0. The van der Waals surface area contributed by atoms with Gasteiger partial charge in [0.15, 0.2) is 0 Å². The monoisotopic (exact) mass is 211 g/mol. The van der Waals surface area contributed by atoms with E-state index in [1.165, 1.54) is 64.2 Å². The van der Waals surface area contributed by atoms with Gasteiger partial charge in [0.1, 0.15) is 0 Å². The fourth-order valence-electron chi connectivity index (χ4n) is 2.60.